The Bertz CT molecular complexity index is 2070. The Balaban J connectivity index is 1.25. The maximum absolute atomic E-state index is 13.5. The molecule has 13 heteroatoms. The zero-order valence-electron chi connectivity index (χ0n) is 26.0. The van der Waals surface area contributed by atoms with E-state index in [2.05, 4.69) is 15.3 Å². The number of methoxy groups -OCH3 is 1. The second kappa shape index (κ2) is 14.4. The van der Waals surface area contributed by atoms with Crippen LogP contribution in [0.15, 0.2) is 82.8 Å². The average Bonchev–Trinajstić information content (AvgIpc) is 3.09. The molecule has 0 unspecified atom stereocenters. The average molecular weight is 673 g/mol. The zero-order valence-corrected chi connectivity index (χ0v) is 26.8. The number of nitrogens with one attached hydrogen (secondary N) is 1. The van der Waals surface area contributed by atoms with Crippen LogP contribution in [-0.4, -0.2) is 55.7 Å². The van der Waals surface area contributed by atoms with Crippen LogP contribution in [0.3, 0.4) is 0 Å². The Hall–Kier alpha value is -5.62. The van der Waals surface area contributed by atoms with Gasteiger partial charge in [0.25, 0.3) is 11.5 Å². The topological polar surface area (TPSA) is 122 Å². The summed E-state index contributed by atoms with van der Waals surface area (Å²) in [6, 6.07) is 15.0. The highest BCUT2D eigenvalue weighted by molar-refractivity contribution is 6.34. The molecule has 0 saturated heterocycles. The molecule has 5 aromatic rings. The van der Waals surface area contributed by atoms with Gasteiger partial charge in [-0.05, 0) is 67.6 Å². The fraction of sp³-hybridized carbons (Fsp3) is 0.200. The highest BCUT2D eigenvalue weighted by Crippen LogP contribution is 2.48. The van der Waals surface area contributed by atoms with Crippen LogP contribution in [0.2, 0.25) is 5.02 Å². The number of carbonyl (C=O) groups is 1. The van der Waals surface area contributed by atoms with Crippen LogP contribution in [0.25, 0.3) is 16.6 Å². The molecule has 0 radical (unpaired) electrons. The van der Waals surface area contributed by atoms with Gasteiger partial charge in [-0.1, -0.05) is 11.6 Å². The molecule has 3 aromatic carbocycles. The van der Waals surface area contributed by atoms with Crippen LogP contribution in [0.1, 0.15) is 23.2 Å². The van der Waals surface area contributed by atoms with Crippen molar-refractivity contribution in [3.8, 4) is 40.2 Å². The number of pyridine rings is 2. The van der Waals surface area contributed by atoms with E-state index in [4.69, 9.17) is 35.3 Å². The predicted octanol–water partition coefficient (Wildman–Crippen LogP) is 6.86. The monoisotopic (exact) mass is 672 g/mol. The number of aliphatic imine (C=N–C) groups is 1. The Morgan fingerprint density at radius 1 is 1.06 bits per heavy atom. The number of aromatic nitrogens is 2. The van der Waals surface area contributed by atoms with E-state index in [-0.39, 0.29) is 22.0 Å². The molecule has 6 rings (SSSR count). The molecule has 0 aliphatic carbocycles. The molecule has 0 atom stereocenters. The number of unbranched alkanes of at least 4 members (excludes halogenated alkanes) is 1. The number of rotatable bonds is 11. The van der Waals surface area contributed by atoms with Crippen molar-refractivity contribution >= 4 is 40.3 Å². The molecule has 1 N–H and O–H groups in total. The van der Waals surface area contributed by atoms with E-state index in [0.29, 0.717) is 65.2 Å². The molecule has 0 spiro atoms. The molecular weight excluding hydrogens is 643 g/mol. The quantitative estimate of drug-likeness (QED) is 0.119. The van der Waals surface area contributed by atoms with Crippen molar-refractivity contribution in [1.82, 2.24) is 9.55 Å². The minimum Gasteiger partial charge on any atom is -0.496 e. The summed E-state index contributed by atoms with van der Waals surface area (Å²) < 4.78 is 44.2. The summed E-state index contributed by atoms with van der Waals surface area (Å²) in [5.41, 5.74) is 0.275. The zero-order chi connectivity index (χ0) is 33.6. The first-order chi connectivity index (χ1) is 23.4. The van der Waals surface area contributed by atoms with Crippen LogP contribution in [0.5, 0.6) is 34.5 Å². The van der Waals surface area contributed by atoms with Gasteiger partial charge in [0.15, 0.2) is 11.5 Å². The van der Waals surface area contributed by atoms with Crippen molar-refractivity contribution in [2.45, 2.75) is 12.8 Å². The SMILES string of the molecule is C/N=C/CCCOc1cc2nccc(Oc3ccc(NC(=O)c4c(OC)ccn(-c5ccc(F)cc5)c4=O)c(Cl)c3)c2c2c1OCCO2. The number of benzene rings is 3. The summed E-state index contributed by atoms with van der Waals surface area (Å²) in [4.78, 5) is 35.3. The number of ether oxygens (including phenoxy) is 5. The smallest absolute Gasteiger partial charge is 0.271 e. The molecule has 3 heterocycles. The maximum Gasteiger partial charge on any atom is 0.271 e. The lowest BCUT2D eigenvalue weighted by Crippen LogP contribution is -2.29. The lowest BCUT2D eigenvalue weighted by atomic mass is 10.1. The van der Waals surface area contributed by atoms with Crippen LogP contribution in [0.4, 0.5) is 10.1 Å². The number of amides is 1. The van der Waals surface area contributed by atoms with Gasteiger partial charge in [-0.3, -0.25) is 19.1 Å². The molecule has 1 aliphatic rings. The van der Waals surface area contributed by atoms with Gasteiger partial charge in [0, 0.05) is 37.3 Å². The Labute approximate surface area is 279 Å². The van der Waals surface area contributed by atoms with Gasteiger partial charge in [0.1, 0.15) is 41.8 Å². The van der Waals surface area contributed by atoms with Crippen molar-refractivity contribution in [2.24, 2.45) is 4.99 Å². The van der Waals surface area contributed by atoms with Gasteiger partial charge in [0.2, 0.25) is 5.75 Å². The lowest BCUT2D eigenvalue weighted by molar-refractivity contribution is 0.102. The Morgan fingerprint density at radius 2 is 1.85 bits per heavy atom. The molecular formula is C35H30ClFN4O7. The van der Waals surface area contributed by atoms with Gasteiger partial charge in [-0.15, -0.1) is 0 Å². The highest BCUT2D eigenvalue weighted by atomic mass is 35.5. The summed E-state index contributed by atoms with van der Waals surface area (Å²) in [5.74, 6) is 1.13. The van der Waals surface area contributed by atoms with E-state index >= 15 is 0 Å². The molecule has 48 heavy (non-hydrogen) atoms. The summed E-state index contributed by atoms with van der Waals surface area (Å²) in [5, 5.41) is 3.43. The van der Waals surface area contributed by atoms with Crippen molar-refractivity contribution in [2.75, 3.05) is 39.3 Å². The summed E-state index contributed by atoms with van der Waals surface area (Å²) in [7, 11) is 3.08. The second-order valence-electron chi connectivity index (χ2n) is 10.5. The maximum atomic E-state index is 13.5. The fourth-order valence-corrected chi connectivity index (χ4v) is 5.35. The predicted molar refractivity (Wildman–Crippen MR) is 180 cm³/mol. The Morgan fingerprint density at radius 3 is 2.60 bits per heavy atom. The largest absolute Gasteiger partial charge is 0.496 e. The van der Waals surface area contributed by atoms with Crippen molar-refractivity contribution in [1.29, 1.82) is 0 Å². The first kappa shape index (κ1) is 32.3. The van der Waals surface area contributed by atoms with Crippen LogP contribution < -0.4 is 34.6 Å². The number of carbonyl (C=O) groups excluding carboxylic acids is 1. The number of fused-ring (bicyclic) bond motifs is 3. The van der Waals surface area contributed by atoms with E-state index in [1.807, 2.05) is 6.21 Å². The molecule has 246 valence electrons. The number of anilines is 1. The molecule has 0 fully saturated rings. The Kier molecular flexibility index (Phi) is 9.72. The first-order valence-corrected chi connectivity index (χ1v) is 15.3. The van der Waals surface area contributed by atoms with Crippen LogP contribution in [-0.2, 0) is 0 Å². The highest BCUT2D eigenvalue weighted by Gasteiger charge is 2.25. The van der Waals surface area contributed by atoms with E-state index in [9.17, 15) is 14.0 Å². The van der Waals surface area contributed by atoms with Crippen molar-refractivity contribution < 1.29 is 32.9 Å². The minimum absolute atomic E-state index is 0.0607. The van der Waals surface area contributed by atoms with Gasteiger partial charge in [-0.2, -0.15) is 0 Å². The fourth-order valence-electron chi connectivity index (χ4n) is 5.13. The van der Waals surface area contributed by atoms with E-state index in [0.717, 1.165) is 12.8 Å². The number of halogens is 2. The molecule has 1 aliphatic heterocycles. The van der Waals surface area contributed by atoms with Gasteiger partial charge in [0.05, 0.1) is 35.3 Å². The molecule has 1 amide bonds. The third kappa shape index (κ3) is 6.74. The molecule has 0 saturated carbocycles. The van der Waals surface area contributed by atoms with Crippen LogP contribution >= 0.6 is 11.6 Å². The second-order valence-corrected chi connectivity index (χ2v) is 10.9. The lowest BCUT2D eigenvalue weighted by Gasteiger charge is -2.23. The summed E-state index contributed by atoms with van der Waals surface area (Å²) in [6.45, 7) is 1.17. The summed E-state index contributed by atoms with van der Waals surface area (Å²) in [6.07, 6.45) is 6.47. The third-order valence-electron chi connectivity index (χ3n) is 7.38. The third-order valence-corrected chi connectivity index (χ3v) is 7.70. The molecule has 0 bridgehead atoms. The summed E-state index contributed by atoms with van der Waals surface area (Å²) >= 11 is 6.59. The van der Waals surface area contributed by atoms with Crippen molar-refractivity contribution in [3.05, 3.63) is 99.8 Å². The van der Waals surface area contributed by atoms with E-state index < -0.39 is 17.3 Å². The minimum atomic E-state index is -0.746. The molecule has 11 nitrogen and oxygen atoms in total. The van der Waals surface area contributed by atoms with Gasteiger partial charge < -0.3 is 34.0 Å². The van der Waals surface area contributed by atoms with E-state index in [1.165, 1.54) is 54.3 Å². The van der Waals surface area contributed by atoms with Crippen molar-refractivity contribution in [3.63, 3.8) is 0 Å². The number of nitrogens with zero attached hydrogens (tertiary/aromatic N) is 3. The normalized spacial score (nSPS) is 12.2. The van der Waals surface area contributed by atoms with Crippen LogP contribution in [0, 0.1) is 5.82 Å². The van der Waals surface area contributed by atoms with E-state index in [1.54, 1.807) is 37.5 Å². The van der Waals surface area contributed by atoms with Gasteiger partial charge >= 0.3 is 0 Å². The number of hydrogen-bond donors (Lipinski definition) is 1. The number of hydrogen-bond acceptors (Lipinski definition) is 9. The first-order valence-electron chi connectivity index (χ1n) is 15.0. The molecule has 2 aromatic heterocycles. The standard InChI is InChI=1S/C35H30ClFN4O7/c1-38-13-3-4-16-45-29-20-26-30(33-32(29)46-17-18-47-33)28(11-14-39-26)48-23-9-10-25(24(36)19-23)40-34(42)31-27(44-2)12-15-41(35(31)43)22-7-5-21(37)6-8-22/h5-15,19-20H,3-4,16-18H2,1-2H3,(H,40,42)/b38-13+. The van der Waals surface area contributed by atoms with Gasteiger partial charge in [-0.25, -0.2) is 4.39 Å².